The van der Waals surface area contributed by atoms with Gasteiger partial charge in [0.1, 0.15) is 11.3 Å². The van der Waals surface area contributed by atoms with E-state index in [1.165, 1.54) is 6.66 Å². The topological polar surface area (TPSA) is 91.5 Å². The summed E-state index contributed by atoms with van der Waals surface area (Å²) < 4.78 is 30.7. The molecular weight excluding hydrogens is 518 g/mol. The summed E-state index contributed by atoms with van der Waals surface area (Å²) in [7, 11) is -3.29. The van der Waals surface area contributed by atoms with Gasteiger partial charge in [-0.25, -0.2) is 0 Å². The fraction of sp³-hybridized carbons (Fsp3) is 0.571. The molecule has 0 spiro atoms. The first-order chi connectivity index (χ1) is 14.0. The van der Waals surface area contributed by atoms with Crippen LogP contribution in [0.1, 0.15) is 57.8 Å². The maximum absolute atomic E-state index is 13.1. The fourth-order valence-corrected chi connectivity index (χ4v) is 5.37. The average molecular weight is 546 g/mol. The molecule has 3 rings (SSSR count). The maximum atomic E-state index is 13.1. The van der Waals surface area contributed by atoms with Gasteiger partial charge in [0, 0.05) is 16.7 Å². The van der Waals surface area contributed by atoms with Crippen LogP contribution < -0.4 is 0 Å². The zero-order valence-corrected chi connectivity index (χ0v) is 21.0. The number of benzene rings is 1. The third kappa shape index (κ3) is 5.32. The SMILES string of the molecule is CCOP(C)(=O)C(Cc1nc(C2(c3ccc(I)cc3)CC2)no1)C(=O)OC(C)(C)C. The van der Waals surface area contributed by atoms with Crippen LogP contribution in [-0.4, -0.2) is 40.6 Å². The van der Waals surface area contributed by atoms with Crippen molar-refractivity contribution in [2.24, 2.45) is 0 Å². The van der Waals surface area contributed by atoms with Gasteiger partial charge in [-0.3, -0.25) is 9.36 Å². The van der Waals surface area contributed by atoms with Crippen molar-refractivity contribution in [2.45, 2.75) is 63.6 Å². The Labute approximate surface area is 190 Å². The average Bonchev–Trinajstić information content (AvgIpc) is 3.30. The zero-order chi connectivity index (χ0) is 22.2. The van der Waals surface area contributed by atoms with Crippen LogP contribution >= 0.6 is 30.0 Å². The summed E-state index contributed by atoms with van der Waals surface area (Å²) in [4.78, 5) is 17.4. The van der Waals surface area contributed by atoms with Gasteiger partial charge < -0.3 is 13.8 Å². The van der Waals surface area contributed by atoms with Crippen LogP contribution in [0.15, 0.2) is 28.8 Å². The molecule has 1 heterocycles. The van der Waals surface area contributed by atoms with Crippen molar-refractivity contribution in [1.82, 2.24) is 10.1 Å². The Balaban J connectivity index is 1.84. The van der Waals surface area contributed by atoms with E-state index in [1.54, 1.807) is 27.7 Å². The van der Waals surface area contributed by atoms with Crippen LogP contribution in [0.5, 0.6) is 0 Å². The van der Waals surface area contributed by atoms with Crippen molar-refractivity contribution in [3.8, 4) is 0 Å². The van der Waals surface area contributed by atoms with Crippen LogP contribution in [0, 0.1) is 3.57 Å². The Hall–Kier alpha value is -1.25. The van der Waals surface area contributed by atoms with Crippen LogP contribution in [0.25, 0.3) is 0 Å². The first kappa shape index (κ1) is 23.4. The van der Waals surface area contributed by atoms with E-state index in [4.69, 9.17) is 13.8 Å². The Bertz CT molecular complexity index is 947. The molecule has 1 aliphatic rings. The van der Waals surface area contributed by atoms with Crippen molar-refractivity contribution >= 4 is 35.9 Å². The highest BCUT2D eigenvalue weighted by Crippen LogP contribution is 2.53. The number of carbonyl (C=O) groups is 1. The summed E-state index contributed by atoms with van der Waals surface area (Å²) in [5, 5.41) is 4.19. The monoisotopic (exact) mass is 546 g/mol. The number of esters is 1. The predicted octanol–water partition coefficient (Wildman–Crippen LogP) is 4.95. The number of hydrogen-bond acceptors (Lipinski definition) is 7. The third-order valence-corrected chi connectivity index (χ3v) is 8.06. The largest absolute Gasteiger partial charge is 0.459 e. The molecular formula is C21H28IN2O5P. The van der Waals surface area contributed by atoms with Gasteiger partial charge in [-0.2, -0.15) is 4.98 Å². The smallest absolute Gasteiger partial charge is 0.319 e. The van der Waals surface area contributed by atoms with Crippen molar-refractivity contribution in [1.29, 1.82) is 0 Å². The van der Waals surface area contributed by atoms with E-state index in [9.17, 15) is 9.36 Å². The van der Waals surface area contributed by atoms with Gasteiger partial charge in [0.15, 0.2) is 5.82 Å². The molecule has 1 aromatic heterocycles. The van der Waals surface area contributed by atoms with Gasteiger partial charge in [-0.05, 0) is 80.8 Å². The zero-order valence-electron chi connectivity index (χ0n) is 18.0. The van der Waals surface area contributed by atoms with E-state index in [0.717, 1.165) is 22.0 Å². The molecule has 1 aromatic carbocycles. The van der Waals surface area contributed by atoms with Gasteiger partial charge in [0.25, 0.3) is 0 Å². The Morgan fingerprint density at radius 1 is 1.30 bits per heavy atom. The summed E-state index contributed by atoms with van der Waals surface area (Å²) in [5.41, 5.74) is -0.804. The molecule has 0 saturated heterocycles. The number of carbonyl (C=O) groups excluding carboxylic acids is 1. The van der Waals surface area contributed by atoms with Crippen LogP contribution in [-0.2, 0) is 30.5 Å². The standard InChI is InChI=1S/C21H28IN2O5P/c1-6-27-30(5,26)16(18(25)28-20(2,3)4)13-17-23-19(24-29-17)21(11-12-21)14-7-9-15(22)10-8-14/h7-10,16H,6,11-13H2,1-5H3. The minimum Gasteiger partial charge on any atom is -0.459 e. The van der Waals surface area contributed by atoms with Crippen LogP contribution in [0.4, 0.5) is 0 Å². The molecule has 0 bridgehead atoms. The summed E-state index contributed by atoms with van der Waals surface area (Å²) in [6, 6.07) is 8.29. The third-order valence-electron chi connectivity index (χ3n) is 5.04. The molecule has 1 fully saturated rings. The Kier molecular flexibility index (Phi) is 6.80. The van der Waals surface area contributed by atoms with Gasteiger partial charge in [-0.1, -0.05) is 17.3 Å². The second-order valence-electron chi connectivity index (χ2n) is 8.68. The second-order valence-corrected chi connectivity index (χ2v) is 12.6. The molecule has 0 N–H and O–H groups in total. The van der Waals surface area contributed by atoms with E-state index in [1.807, 2.05) is 0 Å². The van der Waals surface area contributed by atoms with Gasteiger partial charge in [-0.15, -0.1) is 0 Å². The second kappa shape index (κ2) is 8.71. The number of nitrogens with zero attached hydrogens (tertiary/aromatic N) is 2. The van der Waals surface area contributed by atoms with Gasteiger partial charge >= 0.3 is 5.97 Å². The maximum Gasteiger partial charge on any atom is 0.319 e. The van der Waals surface area contributed by atoms with E-state index in [2.05, 4.69) is 57.0 Å². The number of ether oxygens (including phenoxy) is 1. The Morgan fingerprint density at radius 2 is 1.93 bits per heavy atom. The molecule has 0 aliphatic heterocycles. The van der Waals surface area contributed by atoms with Gasteiger partial charge in [0.2, 0.25) is 13.3 Å². The molecule has 1 aliphatic carbocycles. The molecule has 2 aromatic rings. The fourth-order valence-electron chi connectivity index (χ4n) is 3.39. The van der Waals surface area contributed by atoms with Crippen molar-refractivity contribution in [2.75, 3.05) is 13.3 Å². The molecule has 0 amide bonds. The van der Waals surface area contributed by atoms with Gasteiger partial charge in [0.05, 0.1) is 12.0 Å². The van der Waals surface area contributed by atoms with Crippen molar-refractivity contribution < 1.29 is 23.1 Å². The first-order valence-corrected chi connectivity index (χ1v) is 13.2. The molecule has 2 unspecified atom stereocenters. The van der Waals surface area contributed by atoms with E-state index >= 15 is 0 Å². The number of hydrogen-bond donors (Lipinski definition) is 0. The van der Waals surface area contributed by atoms with Crippen molar-refractivity contribution in [3.05, 3.63) is 45.1 Å². The molecule has 0 radical (unpaired) electrons. The highest BCUT2D eigenvalue weighted by Gasteiger charge is 2.50. The van der Waals surface area contributed by atoms with Crippen LogP contribution in [0.2, 0.25) is 0 Å². The summed E-state index contributed by atoms with van der Waals surface area (Å²) in [6.45, 7) is 8.74. The lowest BCUT2D eigenvalue weighted by Crippen LogP contribution is -2.33. The molecule has 2 atom stereocenters. The number of aromatic nitrogens is 2. The van der Waals surface area contributed by atoms with Crippen molar-refractivity contribution in [3.63, 3.8) is 0 Å². The minimum absolute atomic E-state index is 0.0124. The lowest BCUT2D eigenvalue weighted by Gasteiger charge is -2.26. The van der Waals surface area contributed by atoms with E-state index < -0.39 is 24.6 Å². The lowest BCUT2D eigenvalue weighted by molar-refractivity contribution is -0.154. The normalized spacial score (nSPS) is 18.5. The summed E-state index contributed by atoms with van der Waals surface area (Å²) in [5.74, 6) is 0.281. The number of halogens is 1. The molecule has 164 valence electrons. The number of rotatable bonds is 8. The van der Waals surface area contributed by atoms with E-state index in [0.29, 0.717) is 5.82 Å². The molecule has 7 nitrogen and oxygen atoms in total. The summed E-state index contributed by atoms with van der Waals surface area (Å²) >= 11 is 2.27. The lowest BCUT2D eigenvalue weighted by atomic mass is 9.95. The highest BCUT2D eigenvalue weighted by atomic mass is 127. The minimum atomic E-state index is -3.29. The quantitative estimate of drug-likeness (QED) is 0.263. The summed E-state index contributed by atoms with van der Waals surface area (Å²) in [6.07, 6.45) is 1.89. The molecule has 30 heavy (non-hydrogen) atoms. The predicted molar refractivity (Wildman–Crippen MR) is 122 cm³/mol. The first-order valence-electron chi connectivity index (χ1n) is 10.0. The Morgan fingerprint density at radius 3 is 2.47 bits per heavy atom. The molecule has 1 saturated carbocycles. The van der Waals surface area contributed by atoms with E-state index in [-0.39, 0.29) is 24.3 Å². The highest BCUT2D eigenvalue weighted by molar-refractivity contribution is 14.1. The van der Waals surface area contributed by atoms with Crippen LogP contribution in [0.3, 0.4) is 0 Å². The molecule has 9 heteroatoms.